The Kier molecular flexibility index (Phi) is 5.82. The number of halogens is 1. The molecule has 0 saturated carbocycles. The molecule has 0 spiro atoms. The number of carbonyl (C=O) groups is 1. The second kappa shape index (κ2) is 6.90. The van der Waals surface area contributed by atoms with Gasteiger partial charge >= 0.3 is 0 Å². The van der Waals surface area contributed by atoms with Crippen LogP contribution in [0.15, 0.2) is 22.7 Å². The summed E-state index contributed by atoms with van der Waals surface area (Å²) in [4.78, 5) is 13.9. The molecule has 0 aliphatic heterocycles. The molecule has 1 aromatic rings. The standard InChI is InChI=1S/C14H20BrNO2/c1-5-16(10(2)9-18-4)14-8-12(15)6-7-13(14)11(3)17/h6-8,10H,5,9H2,1-4H3. The molecule has 0 heterocycles. The number of carbonyl (C=O) groups excluding carboxylic acids is 1. The zero-order valence-electron chi connectivity index (χ0n) is 11.4. The Hall–Kier alpha value is -0.870. The maximum atomic E-state index is 11.7. The molecular weight excluding hydrogens is 294 g/mol. The highest BCUT2D eigenvalue weighted by molar-refractivity contribution is 9.10. The van der Waals surface area contributed by atoms with Gasteiger partial charge in [-0.05, 0) is 39.0 Å². The lowest BCUT2D eigenvalue weighted by Gasteiger charge is -2.31. The molecule has 1 aromatic carbocycles. The van der Waals surface area contributed by atoms with Crippen LogP contribution >= 0.6 is 15.9 Å². The molecule has 3 nitrogen and oxygen atoms in total. The number of methoxy groups -OCH3 is 1. The molecule has 0 N–H and O–H groups in total. The first kappa shape index (κ1) is 15.2. The van der Waals surface area contributed by atoms with Gasteiger partial charge in [0.2, 0.25) is 0 Å². The number of ether oxygens (including phenoxy) is 1. The van der Waals surface area contributed by atoms with Crippen molar-refractivity contribution < 1.29 is 9.53 Å². The third-order valence-electron chi connectivity index (χ3n) is 2.93. The third kappa shape index (κ3) is 3.56. The fourth-order valence-electron chi connectivity index (χ4n) is 2.09. The Bertz CT molecular complexity index is 420. The highest BCUT2D eigenvalue weighted by atomic mass is 79.9. The van der Waals surface area contributed by atoms with Gasteiger partial charge in [-0.3, -0.25) is 4.79 Å². The van der Waals surface area contributed by atoms with E-state index in [9.17, 15) is 4.79 Å². The molecule has 1 atom stereocenters. The summed E-state index contributed by atoms with van der Waals surface area (Å²) in [5, 5.41) is 0. The van der Waals surface area contributed by atoms with Crippen LogP contribution in [0.4, 0.5) is 5.69 Å². The molecule has 0 bridgehead atoms. The van der Waals surface area contributed by atoms with Crippen LogP contribution in [-0.2, 0) is 4.74 Å². The van der Waals surface area contributed by atoms with E-state index in [0.717, 1.165) is 22.3 Å². The van der Waals surface area contributed by atoms with Crippen LogP contribution in [0.3, 0.4) is 0 Å². The Morgan fingerprint density at radius 1 is 1.50 bits per heavy atom. The fourth-order valence-corrected chi connectivity index (χ4v) is 2.44. The minimum atomic E-state index is 0.0839. The van der Waals surface area contributed by atoms with Gasteiger partial charge in [-0.1, -0.05) is 15.9 Å². The van der Waals surface area contributed by atoms with Crippen molar-refractivity contribution in [3.8, 4) is 0 Å². The van der Waals surface area contributed by atoms with Gasteiger partial charge in [0.05, 0.1) is 6.61 Å². The topological polar surface area (TPSA) is 29.5 Å². The van der Waals surface area contributed by atoms with Gasteiger partial charge in [0.15, 0.2) is 5.78 Å². The van der Waals surface area contributed by atoms with Crippen LogP contribution in [0.25, 0.3) is 0 Å². The summed E-state index contributed by atoms with van der Waals surface area (Å²) in [6.45, 7) is 7.25. The molecule has 1 unspecified atom stereocenters. The van der Waals surface area contributed by atoms with Crippen LogP contribution in [0.5, 0.6) is 0 Å². The highest BCUT2D eigenvalue weighted by Crippen LogP contribution is 2.27. The van der Waals surface area contributed by atoms with Gasteiger partial charge in [-0.2, -0.15) is 0 Å². The first-order valence-corrected chi connectivity index (χ1v) is 6.86. The van der Waals surface area contributed by atoms with E-state index in [0.29, 0.717) is 6.61 Å². The summed E-state index contributed by atoms with van der Waals surface area (Å²) in [5.41, 5.74) is 1.71. The van der Waals surface area contributed by atoms with Crippen molar-refractivity contribution in [3.63, 3.8) is 0 Å². The van der Waals surface area contributed by atoms with E-state index in [-0.39, 0.29) is 11.8 Å². The average Bonchev–Trinajstić information content (AvgIpc) is 2.30. The molecule has 18 heavy (non-hydrogen) atoms. The Morgan fingerprint density at radius 3 is 2.67 bits per heavy atom. The minimum absolute atomic E-state index is 0.0839. The van der Waals surface area contributed by atoms with E-state index in [1.54, 1.807) is 14.0 Å². The molecule has 0 radical (unpaired) electrons. The largest absolute Gasteiger partial charge is 0.383 e. The highest BCUT2D eigenvalue weighted by Gasteiger charge is 2.18. The van der Waals surface area contributed by atoms with Gasteiger partial charge in [0.1, 0.15) is 0 Å². The van der Waals surface area contributed by atoms with E-state index >= 15 is 0 Å². The number of hydrogen-bond acceptors (Lipinski definition) is 3. The molecule has 0 aliphatic carbocycles. The first-order valence-electron chi connectivity index (χ1n) is 6.07. The summed E-state index contributed by atoms with van der Waals surface area (Å²) in [6, 6.07) is 5.98. The number of benzene rings is 1. The summed E-state index contributed by atoms with van der Waals surface area (Å²) >= 11 is 3.46. The van der Waals surface area contributed by atoms with Gasteiger partial charge in [-0.15, -0.1) is 0 Å². The van der Waals surface area contributed by atoms with Gasteiger partial charge in [0, 0.05) is 35.4 Å². The van der Waals surface area contributed by atoms with Crippen LogP contribution in [0.2, 0.25) is 0 Å². The van der Waals surface area contributed by atoms with Gasteiger partial charge in [0.25, 0.3) is 0 Å². The van der Waals surface area contributed by atoms with E-state index in [2.05, 4.69) is 34.7 Å². The SMILES string of the molecule is CCN(c1cc(Br)ccc1C(C)=O)C(C)COC. The van der Waals surface area contributed by atoms with E-state index in [4.69, 9.17) is 4.74 Å². The van der Waals surface area contributed by atoms with Crippen molar-refractivity contribution >= 4 is 27.4 Å². The fraction of sp³-hybridized carbons (Fsp3) is 0.500. The van der Waals surface area contributed by atoms with Crippen LogP contribution in [0.1, 0.15) is 31.1 Å². The molecule has 0 saturated heterocycles. The zero-order valence-corrected chi connectivity index (χ0v) is 13.0. The zero-order chi connectivity index (χ0) is 13.7. The predicted molar refractivity (Wildman–Crippen MR) is 78.5 cm³/mol. The maximum Gasteiger partial charge on any atom is 0.161 e. The van der Waals surface area contributed by atoms with E-state index in [1.807, 2.05) is 18.2 Å². The lowest BCUT2D eigenvalue weighted by molar-refractivity contribution is 0.101. The smallest absolute Gasteiger partial charge is 0.161 e. The van der Waals surface area contributed by atoms with Gasteiger partial charge in [-0.25, -0.2) is 0 Å². The second-order valence-corrected chi connectivity index (χ2v) is 5.22. The quantitative estimate of drug-likeness (QED) is 0.753. The summed E-state index contributed by atoms with van der Waals surface area (Å²) in [5.74, 6) is 0.0839. The van der Waals surface area contributed by atoms with Gasteiger partial charge < -0.3 is 9.64 Å². The molecule has 0 aromatic heterocycles. The van der Waals surface area contributed by atoms with E-state index < -0.39 is 0 Å². The second-order valence-electron chi connectivity index (χ2n) is 4.31. The van der Waals surface area contributed by atoms with Crippen molar-refractivity contribution in [3.05, 3.63) is 28.2 Å². The Labute approximate surface area is 117 Å². The summed E-state index contributed by atoms with van der Waals surface area (Å²) in [7, 11) is 1.69. The number of rotatable bonds is 6. The Balaban J connectivity index is 3.18. The van der Waals surface area contributed by atoms with E-state index in [1.165, 1.54) is 0 Å². The molecule has 4 heteroatoms. The molecular formula is C14H20BrNO2. The monoisotopic (exact) mass is 313 g/mol. The van der Waals surface area contributed by atoms with Crippen molar-refractivity contribution in [1.82, 2.24) is 0 Å². The van der Waals surface area contributed by atoms with Crippen LogP contribution in [0, 0.1) is 0 Å². The lowest BCUT2D eigenvalue weighted by atomic mass is 10.1. The normalized spacial score (nSPS) is 12.3. The third-order valence-corrected chi connectivity index (χ3v) is 3.42. The van der Waals surface area contributed by atoms with Crippen LogP contribution < -0.4 is 4.90 Å². The number of ketones is 1. The number of likely N-dealkylation sites (N-methyl/N-ethyl adjacent to an activating group) is 1. The molecule has 0 aliphatic rings. The number of Topliss-reactive ketones (excluding diaryl/α,β-unsaturated/α-hetero) is 1. The molecule has 1 rings (SSSR count). The Morgan fingerprint density at radius 2 is 2.17 bits per heavy atom. The maximum absolute atomic E-state index is 11.7. The molecule has 0 amide bonds. The number of nitrogens with zero attached hydrogens (tertiary/aromatic N) is 1. The van der Waals surface area contributed by atoms with Crippen molar-refractivity contribution in [2.75, 3.05) is 25.2 Å². The lowest BCUT2D eigenvalue weighted by Crippen LogP contribution is -2.37. The molecule has 0 fully saturated rings. The van der Waals surface area contributed by atoms with Crippen molar-refractivity contribution in [2.45, 2.75) is 26.8 Å². The predicted octanol–water partition coefficient (Wildman–Crippen LogP) is 3.51. The summed E-state index contributed by atoms with van der Waals surface area (Å²) < 4.78 is 6.18. The van der Waals surface area contributed by atoms with Crippen molar-refractivity contribution in [2.24, 2.45) is 0 Å². The molecule has 100 valence electrons. The summed E-state index contributed by atoms with van der Waals surface area (Å²) in [6.07, 6.45) is 0. The first-order chi connectivity index (χ1) is 8.51. The van der Waals surface area contributed by atoms with Crippen LogP contribution in [-0.4, -0.2) is 32.1 Å². The average molecular weight is 314 g/mol. The number of anilines is 1. The minimum Gasteiger partial charge on any atom is -0.383 e. The number of hydrogen-bond donors (Lipinski definition) is 0. The van der Waals surface area contributed by atoms with Crippen molar-refractivity contribution in [1.29, 1.82) is 0 Å².